The molecule has 4 heteroatoms. The molecule has 0 aliphatic heterocycles. The number of nitrogens with one attached hydrogen (secondary N) is 2. The summed E-state index contributed by atoms with van der Waals surface area (Å²) in [6.07, 6.45) is 2.24. The Kier molecular flexibility index (Phi) is 3.56. The molecule has 1 aliphatic rings. The second-order valence-electron chi connectivity index (χ2n) is 2.96. The van der Waals surface area contributed by atoms with E-state index in [4.69, 9.17) is 11.6 Å². The highest BCUT2D eigenvalue weighted by Crippen LogP contribution is 2.18. The summed E-state index contributed by atoms with van der Waals surface area (Å²) in [7, 11) is 0. The fourth-order valence-corrected chi connectivity index (χ4v) is 0.913. The predicted octanol–water partition coefficient (Wildman–Crippen LogP) is 0.607. The third-order valence-electron chi connectivity index (χ3n) is 1.54. The van der Waals surface area contributed by atoms with Crippen molar-refractivity contribution in [3.63, 3.8) is 0 Å². The molecule has 1 rings (SSSR count). The lowest BCUT2D eigenvalue weighted by Gasteiger charge is -2.03. The van der Waals surface area contributed by atoms with Crippen molar-refractivity contribution in [2.24, 2.45) is 0 Å². The topological polar surface area (TPSA) is 41.1 Å². The Hall–Kier alpha value is -0.540. The van der Waals surface area contributed by atoms with Crippen LogP contribution in [-0.2, 0) is 4.79 Å². The highest BCUT2D eigenvalue weighted by molar-refractivity contribution is 6.29. The third kappa shape index (κ3) is 4.36. The van der Waals surface area contributed by atoms with Gasteiger partial charge in [0.2, 0.25) is 5.91 Å². The summed E-state index contributed by atoms with van der Waals surface area (Å²) in [5, 5.41) is 6.25. The number of hydrogen-bond donors (Lipinski definition) is 2. The van der Waals surface area contributed by atoms with Crippen molar-refractivity contribution in [3.05, 3.63) is 11.6 Å². The van der Waals surface area contributed by atoms with E-state index in [1.54, 1.807) is 0 Å². The predicted molar refractivity (Wildman–Crippen MR) is 49.0 cm³/mol. The maximum atomic E-state index is 11.0. The van der Waals surface area contributed by atoms with Crippen LogP contribution >= 0.6 is 11.6 Å². The maximum absolute atomic E-state index is 11.0. The Bertz CT molecular complexity index is 189. The molecular formula is C8H13ClN2O. The lowest BCUT2D eigenvalue weighted by molar-refractivity contribution is -0.120. The summed E-state index contributed by atoms with van der Waals surface area (Å²) >= 11 is 5.49. The molecule has 2 N–H and O–H groups in total. The van der Waals surface area contributed by atoms with E-state index in [-0.39, 0.29) is 5.91 Å². The standard InChI is InChI=1S/C8H13ClN2O/c1-6(9)4-10-5-8(12)11-7-2-3-7/h7,10H,1-5H2,(H,11,12). The summed E-state index contributed by atoms with van der Waals surface area (Å²) in [5.41, 5.74) is 0. The number of amides is 1. The van der Waals surface area contributed by atoms with Gasteiger partial charge in [-0.3, -0.25) is 4.79 Å². The minimum atomic E-state index is 0.0374. The zero-order valence-corrected chi connectivity index (χ0v) is 7.66. The van der Waals surface area contributed by atoms with Gasteiger partial charge in [0.1, 0.15) is 0 Å². The Morgan fingerprint density at radius 3 is 2.67 bits per heavy atom. The van der Waals surface area contributed by atoms with Crippen molar-refractivity contribution in [2.75, 3.05) is 13.1 Å². The smallest absolute Gasteiger partial charge is 0.234 e. The Balaban J connectivity index is 1.97. The Labute approximate surface area is 77.2 Å². The van der Waals surface area contributed by atoms with E-state index in [0.717, 1.165) is 12.8 Å². The Morgan fingerprint density at radius 2 is 2.17 bits per heavy atom. The summed E-state index contributed by atoms with van der Waals surface area (Å²) in [5.74, 6) is 0.0374. The van der Waals surface area contributed by atoms with Crippen molar-refractivity contribution in [3.8, 4) is 0 Å². The molecule has 0 unspecified atom stereocenters. The second-order valence-corrected chi connectivity index (χ2v) is 3.50. The number of halogens is 1. The highest BCUT2D eigenvalue weighted by Gasteiger charge is 2.22. The van der Waals surface area contributed by atoms with E-state index in [1.165, 1.54) is 0 Å². The van der Waals surface area contributed by atoms with E-state index >= 15 is 0 Å². The van der Waals surface area contributed by atoms with Gasteiger partial charge < -0.3 is 10.6 Å². The number of carbonyl (C=O) groups is 1. The van der Waals surface area contributed by atoms with E-state index < -0.39 is 0 Å². The summed E-state index contributed by atoms with van der Waals surface area (Å²) in [6.45, 7) is 4.30. The van der Waals surface area contributed by atoms with E-state index in [1.807, 2.05) is 0 Å². The molecule has 0 aromatic carbocycles. The minimum absolute atomic E-state index is 0.0374. The lowest BCUT2D eigenvalue weighted by Crippen LogP contribution is -2.35. The van der Waals surface area contributed by atoms with Crippen LogP contribution in [0.15, 0.2) is 11.6 Å². The van der Waals surface area contributed by atoms with Crippen molar-refractivity contribution in [2.45, 2.75) is 18.9 Å². The van der Waals surface area contributed by atoms with E-state index in [9.17, 15) is 4.79 Å². The van der Waals surface area contributed by atoms with Gasteiger partial charge in [0, 0.05) is 17.6 Å². The SMILES string of the molecule is C=C(Cl)CNCC(=O)NC1CC1. The summed E-state index contributed by atoms with van der Waals surface area (Å²) in [4.78, 5) is 11.0. The first-order chi connectivity index (χ1) is 5.68. The molecule has 0 spiro atoms. The molecule has 1 saturated carbocycles. The molecule has 0 radical (unpaired) electrons. The minimum Gasteiger partial charge on any atom is -0.352 e. The van der Waals surface area contributed by atoms with Gasteiger partial charge in [0.05, 0.1) is 6.54 Å². The maximum Gasteiger partial charge on any atom is 0.234 e. The summed E-state index contributed by atoms with van der Waals surface area (Å²) < 4.78 is 0. The van der Waals surface area contributed by atoms with Crippen LogP contribution in [0.4, 0.5) is 0 Å². The number of carbonyl (C=O) groups excluding carboxylic acids is 1. The number of hydrogen-bond acceptors (Lipinski definition) is 2. The molecule has 12 heavy (non-hydrogen) atoms. The van der Waals surface area contributed by atoms with E-state index in [0.29, 0.717) is 24.2 Å². The lowest BCUT2D eigenvalue weighted by atomic mass is 10.5. The average molecular weight is 189 g/mol. The average Bonchev–Trinajstić information content (AvgIpc) is 2.70. The van der Waals surface area contributed by atoms with Crippen LogP contribution in [0.5, 0.6) is 0 Å². The molecule has 0 aromatic heterocycles. The highest BCUT2D eigenvalue weighted by atomic mass is 35.5. The molecule has 3 nitrogen and oxygen atoms in total. The molecule has 0 atom stereocenters. The first kappa shape index (κ1) is 9.55. The zero-order chi connectivity index (χ0) is 8.97. The first-order valence-corrected chi connectivity index (χ1v) is 4.39. The van der Waals surface area contributed by atoms with Gasteiger partial charge in [0.15, 0.2) is 0 Å². The van der Waals surface area contributed by atoms with Gasteiger partial charge in [-0.05, 0) is 12.8 Å². The van der Waals surface area contributed by atoms with Crippen molar-refractivity contribution in [1.82, 2.24) is 10.6 Å². The zero-order valence-electron chi connectivity index (χ0n) is 6.90. The molecule has 0 aromatic rings. The quantitative estimate of drug-likeness (QED) is 0.664. The molecule has 0 heterocycles. The Morgan fingerprint density at radius 1 is 1.50 bits per heavy atom. The van der Waals surface area contributed by atoms with Gasteiger partial charge in [-0.15, -0.1) is 0 Å². The van der Waals surface area contributed by atoms with Crippen LogP contribution in [0.2, 0.25) is 0 Å². The molecule has 0 bridgehead atoms. The molecule has 68 valence electrons. The molecule has 0 saturated heterocycles. The first-order valence-electron chi connectivity index (χ1n) is 4.02. The van der Waals surface area contributed by atoms with Crippen molar-refractivity contribution in [1.29, 1.82) is 0 Å². The van der Waals surface area contributed by atoms with Crippen LogP contribution in [0.25, 0.3) is 0 Å². The van der Waals surface area contributed by atoms with Crippen LogP contribution in [0.1, 0.15) is 12.8 Å². The fourth-order valence-electron chi connectivity index (χ4n) is 0.818. The van der Waals surface area contributed by atoms with Crippen LogP contribution < -0.4 is 10.6 Å². The molecule has 1 fully saturated rings. The van der Waals surface area contributed by atoms with Gasteiger partial charge >= 0.3 is 0 Å². The third-order valence-corrected chi connectivity index (χ3v) is 1.68. The monoisotopic (exact) mass is 188 g/mol. The van der Waals surface area contributed by atoms with Crippen LogP contribution in [0.3, 0.4) is 0 Å². The van der Waals surface area contributed by atoms with Crippen molar-refractivity contribution < 1.29 is 4.79 Å². The van der Waals surface area contributed by atoms with Gasteiger partial charge in [-0.25, -0.2) is 0 Å². The van der Waals surface area contributed by atoms with E-state index in [2.05, 4.69) is 17.2 Å². The second kappa shape index (κ2) is 4.48. The van der Waals surface area contributed by atoms with Crippen LogP contribution in [0, 0.1) is 0 Å². The normalized spacial score (nSPS) is 15.8. The summed E-state index contributed by atoms with van der Waals surface area (Å²) in [6, 6.07) is 0.429. The van der Waals surface area contributed by atoms with Gasteiger partial charge in [-0.1, -0.05) is 18.2 Å². The molecule has 1 amide bonds. The van der Waals surface area contributed by atoms with Crippen molar-refractivity contribution >= 4 is 17.5 Å². The van der Waals surface area contributed by atoms with Gasteiger partial charge in [-0.2, -0.15) is 0 Å². The largest absolute Gasteiger partial charge is 0.352 e. The molecule has 1 aliphatic carbocycles. The fraction of sp³-hybridized carbons (Fsp3) is 0.625. The van der Waals surface area contributed by atoms with Gasteiger partial charge in [0.25, 0.3) is 0 Å². The number of rotatable bonds is 5. The van der Waals surface area contributed by atoms with Crippen LogP contribution in [-0.4, -0.2) is 25.0 Å². The molecular weight excluding hydrogens is 176 g/mol.